The molecule has 0 rings (SSSR count). The molecule has 3 nitrogen and oxygen atoms in total. The first-order valence-electron chi connectivity index (χ1n) is 3.15. The summed E-state index contributed by atoms with van der Waals surface area (Å²) in [5.41, 5.74) is 5.33. The number of nitrogens with two attached hydrogens (primary N) is 1. The van der Waals surface area contributed by atoms with Crippen molar-refractivity contribution in [1.29, 1.82) is 0 Å². The lowest BCUT2D eigenvalue weighted by Gasteiger charge is -1.93. The first-order valence-corrected chi connectivity index (χ1v) is 3.15. The third-order valence-corrected chi connectivity index (χ3v) is 0.858. The van der Waals surface area contributed by atoms with Crippen LogP contribution in [0.25, 0.3) is 0 Å². The molecular weight excluding hydrogens is 128 g/mol. The topological polar surface area (TPSA) is 47.6 Å². The van der Waals surface area contributed by atoms with Crippen LogP contribution < -0.4 is 5.73 Å². The zero-order valence-corrected chi connectivity index (χ0v) is 6.35. The SMILES string of the molecule is CC#CCO/N=C(\N)CC. The van der Waals surface area contributed by atoms with E-state index < -0.39 is 0 Å². The molecular formula is C7H12N2O. The van der Waals surface area contributed by atoms with Crippen molar-refractivity contribution in [3.05, 3.63) is 0 Å². The molecule has 10 heavy (non-hydrogen) atoms. The maximum atomic E-state index is 5.33. The van der Waals surface area contributed by atoms with Gasteiger partial charge in [0.05, 0.1) is 0 Å². The van der Waals surface area contributed by atoms with Crippen LogP contribution in [0.15, 0.2) is 5.16 Å². The summed E-state index contributed by atoms with van der Waals surface area (Å²) >= 11 is 0. The second kappa shape index (κ2) is 5.96. The summed E-state index contributed by atoms with van der Waals surface area (Å²) in [4.78, 5) is 4.72. The fourth-order valence-electron chi connectivity index (χ4n) is 0.284. The zero-order chi connectivity index (χ0) is 7.82. The number of nitrogens with zero attached hydrogens (tertiary/aromatic N) is 1. The lowest BCUT2D eigenvalue weighted by molar-refractivity contribution is 0.178. The molecule has 2 N–H and O–H groups in total. The van der Waals surface area contributed by atoms with Gasteiger partial charge in [0, 0.05) is 6.42 Å². The van der Waals surface area contributed by atoms with Gasteiger partial charge in [-0.25, -0.2) is 0 Å². The van der Waals surface area contributed by atoms with Gasteiger partial charge in [-0.05, 0) is 6.92 Å². The van der Waals surface area contributed by atoms with Crippen molar-refractivity contribution in [3.63, 3.8) is 0 Å². The minimum absolute atomic E-state index is 0.317. The minimum atomic E-state index is 0.317. The van der Waals surface area contributed by atoms with Gasteiger partial charge in [0.2, 0.25) is 0 Å². The van der Waals surface area contributed by atoms with Gasteiger partial charge in [0.1, 0.15) is 5.84 Å². The maximum Gasteiger partial charge on any atom is 0.177 e. The molecule has 56 valence electrons. The average Bonchev–Trinajstić information content (AvgIpc) is 1.98. The normalized spacial score (nSPS) is 10.0. The quantitative estimate of drug-likeness (QED) is 0.206. The Morgan fingerprint density at radius 3 is 2.90 bits per heavy atom. The fraction of sp³-hybridized carbons (Fsp3) is 0.571. The second-order valence-electron chi connectivity index (χ2n) is 1.64. The molecule has 0 unspecified atom stereocenters. The lowest BCUT2D eigenvalue weighted by atomic mass is 10.5. The largest absolute Gasteiger partial charge is 0.384 e. The molecule has 0 saturated heterocycles. The van der Waals surface area contributed by atoms with Crippen LogP contribution in [0.5, 0.6) is 0 Å². The number of rotatable bonds is 3. The Morgan fingerprint density at radius 1 is 1.70 bits per heavy atom. The van der Waals surface area contributed by atoms with Crippen LogP contribution in [0.3, 0.4) is 0 Å². The minimum Gasteiger partial charge on any atom is -0.384 e. The van der Waals surface area contributed by atoms with Gasteiger partial charge >= 0.3 is 0 Å². The van der Waals surface area contributed by atoms with Crippen LogP contribution in [-0.4, -0.2) is 12.4 Å². The van der Waals surface area contributed by atoms with Gasteiger partial charge < -0.3 is 10.6 Å². The van der Waals surface area contributed by atoms with E-state index in [0.29, 0.717) is 18.9 Å². The van der Waals surface area contributed by atoms with E-state index >= 15 is 0 Å². The monoisotopic (exact) mass is 140 g/mol. The van der Waals surface area contributed by atoms with E-state index in [2.05, 4.69) is 17.0 Å². The van der Waals surface area contributed by atoms with Crippen LogP contribution in [0, 0.1) is 11.8 Å². The van der Waals surface area contributed by atoms with Gasteiger partial charge in [-0.2, -0.15) is 0 Å². The maximum absolute atomic E-state index is 5.33. The summed E-state index contributed by atoms with van der Waals surface area (Å²) in [6, 6.07) is 0. The van der Waals surface area contributed by atoms with Gasteiger partial charge in [0.25, 0.3) is 0 Å². The fourth-order valence-corrected chi connectivity index (χ4v) is 0.284. The predicted octanol–water partition coefficient (Wildman–Crippen LogP) is 0.709. The Labute approximate surface area is 61.2 Å². The van der Waals surface area contributed by atoms with E-state index in [1.165, 1.54) is 0 Å². The molecule has 0 aliphatic rings. The van der Waals surface area contributed by atoms with Gasteiger partial charge in [-0.1, -0.05) is 18.0 Å². The van der Waals surface area contributed by atoms with Crippen molar-refractivity contribution < 1.29 is 4.84 Å². The highest BCUT2D eigenvalue weighted by atomic mass is 16.6. The summed E-state index contributed by atoms with van der Waals surface area (Å²) < 4.78 is 0. The highest BCUT2D eigenvalue weighted by molar-refractivity contribution is 5.79. The van der Waals surface area contributed by atoms with Gasteiger partial charge in [-0.15, -0.1) is 5.92 Å². The Kier molecular flexibility index (Phi) is 5.26. The Hall–Kier alpha value is -1.17. The summed E-state index contributed by atoms with van der Waals surface area (Å²) in [6.07, 6.45) is 0.708. The third kappa shape index (κ3) is 4.98. The van der Waals surface area contributed by atoms with Crippen molar-refractivity contribution in [1.82, 2.24) is 0 Å². The van der Waals surface area contributed by atoms with Gasteiger partial charge in [-0.3, -0.25) is 0 Å². The Bertz CT molecular complexity index is 164. The van der Waals surface area contributed by atoms with E-state index in [9.17, 15) is 0 Å². The van der Waals surface area contributed by atoms with Crippen LogP contribution >= 0.6 is 0 Å². The van der Waals surface area contributed by atoms with Crippen LogP contribution in [-0.2, 0) is 4.84 Å². The molecule has 0 amide bonds. The second-order valence-corrected chi connectivity index (χ2v) is 1.64. The molecule has 0 aromatic rings. The highest BCUT2D eigenvalue weighted by Crippen LogP contribution is 1.79. The smallest absolute Gasteiger partial charge is 0.177 e. The molecule has 0 heterocycles. The van der Waals surface area contributed by atoms with Crippen LogP contribution in [0.1, 0.15) is 20.3 Å². The van der Waals surface area contributed by atoms with Gasteiger partial charge in [0.15, 0.2) is 6.61 Å². The molecule has 0 bridgehead atoms. The van der Waals surface area contributed by atoms with E-state index in [4.69, 9.17) is 10.6 Å². The summed E-state index contributed by atoms with van der Waals surface area (Å²) in [5.74, 6) is 5.87. The van der Waals surface area contributed by atoms with Crippen molar-refractivity contribution in [2.24, 2.45) is 10.9 Å². The molecule has 0 fully saturated rings. The summed E-state index contributed by atoms with van der Waals surface area (Å²) in [7, 11) is 0. The third-order valence-electron chi connectivity index (χ3n) is 0.858. The van der Waals surface area contributed by atoms with Crippen LogP contribution in [0.2, 0.25) is 0 Å². The lowest BCUT2D eigenvalue weighted by Crippen LogP contribution is -2.10. The number of hydrogen-bond acceptors (Lipinski definition) is 2. The van der Waals surface area contributed by atoms with Crippen molar-refractivity contribution in [2.45, 2.75) is 20.3 Å². The van der Waals surface area contributed by atoms with E-state index in [1.54, 1.807) is 6.92 Å². The van der Waals surface area contributed by atoms with E-state index in [-0.39, 0.29) is 0 Å². The molecule has 0 aliphatic carbocycles. The van der Waals surface area contributed by atoms with E-state index in [0.717, 1.165) is 0 Å². The molecule has 0 aromatic carbocycles. The predicted molar refractivity (Wildman–Crippen MR) is 41.3 cm³/mol. The summed E-state index contributed by atoms with van der Waals surface area (Å²) in [6.45, 7) is 3.97. The van der Waals surface area contributed by atoms with Crippen molar-refractivity contribution in [3.8, 4) is 11.8 Å². The van der Waals surface area contributed by atoms with Crippen LogP contribution in [0.4, 0.5) is 0 Å². The van der Waals surface area contributed by atoms with Crippen molar-refractivity contribution in [2.75, 3.05) is 6.61 Å². The summed E-state index contributed by atoms with van der Waals surface area (Å²) in [5, 5.41) is 3.57. The zero-order valence-electron chi connectivity index (χ0n) is 6.35. The molecule has 0 spiro atoms. The van der Waals surface area contributed by atoms with E-state index in [1.807, 2.05) is 6.92 Å². The standard InChI is InChI=1S/C7H12N2O/c1-3-5-6-10-9-7(8)4-2/h4,6H2,1-2H3,(H2,8,9). The first-order chi connectivity index (χ1) is 4.81. The Balaban J connectivity index is 3.40. The molecule has 0 aliphatic heterocycles. The molecule has 0 atom stereocenters. The molecule has 0 radical (unpaired) electrons. The Morgan fingerprint density at radius 2 is 2.40 bits per heavy atom. The number of amidine groups is 1. The highest BCUT2D eigenvalue weighted by Gasteiger charge is 1.83. The average molecular weight is 140 g/mol. The molecule has 3 heteroatoms. The number of hydrogen-bond donors (Lipinski definition) is 1. The number of oxime groups is 1. The first kappa shape index (κ1) is 8.83. The van der Waals surface area contributed by atoms with Crippen molar-refractivity contribution >= 4 is 5.84 Å². The molecule has 0 aromatic heterocycles. The molecule has 0 saturated carbocycles.